The van der Waals surface area contributed by atoms with Crippen molar-refractivity contribution in [3.8, 4) is 0 Å². The highest BCUT2D eigenvalue weighted by Crippen LogP contribution is 2.20. The van der Waals surface area contributed by atoms with Gasteiger partial charge < -0.3 is 9.74 Å². The predicted molar refractivity (Wildman–Crippen MR) is 110 cm³/mol. The van der Waals surface area contributed by atoms with Crippen LogP contribution in [0.4, 0.5) is 8.78 Å². The van der Waals surface area contributed by atoms with Crippen LogP contribution in [0.15, 0.2) is 84.0 Å². The van der Waals surface area contributed by atoms with Crippen LogP contribution in [0.1, 0.15) is 27.9 Å². The van der Waals surface area contributed by atoms with Gasteiger partial charge in [0.2, 0.25) is 0 Å². The zero-order chi connectivity index (χ0) is 20.9. The highest BCUT2D eigenvalue weighted by atomic mass is 19.1. The molecule has 0 saturated heterocycles. The van der Waals surface area contributed by atoms with Gasteiger partial charge in [-0.1, -0.05) is 53.7 Å². The van der Waals surface area contributed by atoms with E-state index in [4.69, 9.17) is 4.84 Å². The van der Waals surface area contributed by atoms with E-state index in [1.165, 1.54) is 35.2 Å². The lowest BCUT2D eigenvalue weighted by Crippen LogP contribution is -2.37. The normalized spacial score (nSPS) is 15.4. The third kappa shape index (κ3) is 4.71. The second kappa shape index (κ2) is 8.86. The summed E-state index contributed by atoms with van der Waals surface area (Å²) in [5.41, 5.74) is 2.65. The molecule has 1 amide bonds. The molecule has 4 nitrogen and oxygen atoms in total. The van der Waals surface area contributed by atoms with E-state index in [1.54, 1.807) is 18.2 Å². The Kier molecular flexibility index (Phi) is 5.84. The van der Waals surface area contributed by atoms with Gasteiger partial charge in [-0.2, -0.15) is 0 Å². The van der Waals surface area contributed by atoms with Crippen LogP contribution in [0, 0.1) is 11.6 Å². The number of hydrogen-bond donors (Lipinski definition) is 0. The molecule has 0 spiro atoms. The summed E-state index contributed by atoms with van der Waals surface area (Å²) in [7, 11) is 0. The molecule has 1 aliphatic rings. The standard InChI is InChI=1S/C24H20F2N2O2/c25-20-10-4-6-17(12-20)15-28(24(29)19-9-5-11-21(26)13-19)16-22-14-23(27-30-22)18-7-2-1-3-8-18/h1-13,22H,14-16H2/t22-/m0/s1. The molecule has 0 unspecified atom stereocenters. The van der Waals surface area contributed by atoms with Crippen molar-refractivity contribution in [1.29, 1.82) is 0 Å². The summed E-state index contributed by atoms with van der Waals surface area (Å²) in [6.45, 7) is 0.416. The van der Waals surface area contributed by atoms with Crippen molar-refractivity contribution < 1.29 is 18.4 Å². The number of rotatable bonds is 6. The molecule has 0 bridgehead atoms. The first kappa shape index (κ1) is 19.8. The van der Waals surface area contributed by atoms with Crippen molar-refractivity contribution in [2.75, 3.05) is 6.54 Å². The van der Waals surface area contributed by atoms with Gasteiger partial charge in [-0.3, -0.25) is 4.79 Å². The zero-order valence-electron chi connectivity index (χ0n) is 16.2. The molecule has 0 radical (unpaired) electrons. The Hall–Kier alpha value is -3.54. The Balaban J connectivity index is 1.52. The van der Waals surface area contributed by atoms with Crippen LogP contribution in [0.3, 0.4) is 0 Å². The highest BCUT2D eigenvalue weighted by molar-refractivity contribution is 6.01. The van der Waals surface area contributed by atoms with Crippen LogP contribution >= 0.6 is 0 Å². The molecule has 0 aromatic heterocycles. The van der Waals surface area contributed by atoms with Gasteiger partial charge in [0, 0.05) is 18.5 Å². The highest BCUT2D eigenvalue weighted by Gasteiger charge is 2.27. The lowest BCUT2D eigenvalue weighted by molar-refractivity contribution is 0.0404. The molecule has 0 aliphatic carbocycles. The first-order valence-corrected chi connectivity index (χ1v) is 9.66. The molecule has 152 valence electrons. The number of carbonyl (C=O) groups excluding carboxylic acids is 1. The Morgan fingerprint density at radius 3 is 2.43 bits per heavy atom. The van der Waals surface area contributed by atoms with E-state index >= 15 is 0 Å². The minimum absolute atomic E-state index is 0.174. The van der Waals surface area contributed by atoms with Crippen molar-refractivity contribution in [1.82, 2.24) is 4.90 Å². The van der Waals surface area contributed by atoms with Gasteiger partial charge in [0.1, 0.15) is 11.6 Å². The van der Waals surface area contributed by atoms with Gasteiger partial charge in [-0.25, -0.2) is 8.78 Å². The van der Waals surface area contributed by atoms with Crippen LogP contribution in [-0.2, 0) is 11.4 Å². The monoisotopic (exact) mass is 406 g/mol. The molecular formula is C24H20F2N2O2. The van der Waals surface area contributed by atoms with Crippen molar-refractivity contribution in [2.45, 2.75) is 19.1 Å². The van der Waals surface area contributed by atoms with Crippen molar-refractivity contribution in [3.63, 3.8) is 0 Å². The smallest absolute Gasteiger partial charge is 0.254 e. The summed E-state index contributed by atoms with van der Waals surface area (Å²) < 4.78 is 27.3. The average molecular weight is 406 g/mol. The first-order chi connectivity index (χ1) is 14.6. The lowest BCUT2D eigenvalue weighted by Gasteiger charge is -2.25. The fraction of sp³-hybridized carbons (Fsp3) is 0.167. The van der Waals surface area contributed by atoms with Gasteiger partial charge in [0.25, 0.3) is 5.91 Å². The summed E-state index contributed by atoms with van der Waals surface area (Å²) in [6, 6.07) is 21.3. The summed E-state index contributed by atoms with van der Waals surface area (Å²) in [5, 5.41) is 4.17. The molecule has 0 N–H and O–H groups in total. The predicted octanol–water partition coefficient (Wildman–Crippen LogP) is 4.80. The lowest BCUT2D eigenvalue weighted by atomic mass is 10.0. The molecule has 0 saturated carbocycles. The van der Waals surface area contributed by atoms with E-state index in [0.717, 1.165) is 11.3 Å². The molecule has 0 fully saturated rings. The Bertz CT molecular complexity index is 1070. The van der Waals surface area contributed by atoms with E-state index < -0.39 is 5.82 Å². The minimum atomic E-state index is -0.488. The van der Waals surface area contributed by atoms with E-state index in [-0.39, 0.29) is 36.5 Å². The SMILES string of the molecule is O=C(c1cccc(F)c1)N(Cc1cccc(F)c1)C[C@@H]1CC(c2ccccc2)=NO1. The molecule has 4 rings (SSSR count). The van der Waals surface area contributed by atoms with Gasteiger partial charge in [0.15, 0.2) is 6.10 Å². The van der Waals surface area contributed by atoms with Gasteiger partial charge >= 0.3 is 0 Å². The van der Waals surface area contributed by atoms with Crippen LogP contribution in [-0.4, -0.2) is 29.2 Å². The number of halogens is 2. The molecule has 1 atom stereocenters. The number of nitrogens with zero attached hydrogens (tertiary/aromatic N) is 2. The van der Waals surface area contributed by atoms with E-state index in [1.807, 2.05) is 30.3 Å². The third-order valence-electron chi connectivity index (χ3n) is 4.89. The molecule has 1 aliphatic heterocycles. The summed E-state index contributed by atoms with van der Waals surface area (Å²) in [5.74, 6) is -1.22. The Morgan fingerprint density at radius 2 is 1.70 bits per heavy atom. The second-order valence-corrected chi connectivity index (χ2v) is 7.16. The van der Waals surface area contributed by atoms with Crippen molar-refractivity contribution in [2.24, 2.45) is 5.16 Å². The van der Waals surface area contributed by atoms with E-state index in [0.29, 0.717) is 12.0 Å². The summed E-state index contributed by atoms with van der Waals surface area (Å²) in [4.78, 5) is 20.2. The first-order valence-electron chi connectivity index (χ1n) is 9.66. The maximum absolute atomic E-state index is 13.7. The molecule has 6 heteroatoms. The fourth-order valence-corrected chi connectivity index (χ4v) is 3.45. The number of carbonyl (C=O) groups is 1. The van der Waals surface area contributed by atoms with Crippen molar-refractivity contribution >= 4 is 11.6 Å². The number of benzene rings is 3. The zero-order valence-corrected chi connectivity index (χ0v) is 16.2. The van der Waals surface area contributed by atoms with Gasteiger partial charge in [-0.05, 0) is 41.5 Å². The van der Waals surface area contributed by atoms with Crippen LogP contribution < -0.4 is 0 Å². The van der Waals surface area contributed by atoms with Crippen LogP contribution in [0.5, 0.6) is 0 Å². The third-order valence-corrected chi connectivity index (χ3v) is 4.89. The molecule has 3 aromatic rings. The molecule has 1 heterocycles. The number of amides is 1. The fourth-order valence-electron chi connectivity index (χ4n) is 3.45. The average Bonchev–Trinajstić information content (AvgIpc) is 3.22. The number of oxime groups is 1. The van der Waals surface area contributed by atoms with Crippen molar-refractivity contribution in [3.05, 3.63) is 107 Å². The van der Waals surface area contributed by atoms with Gasteiger partial charge in [-0.15, -0.1) is 0 Å². The second-order valence-electron chi connectivity index (χ2n) is 7.16. The minimum Gasteiger partial charge on any atom is -0.390 e. The molecule has 3 aromatic carbocycles. The van der Waals surface area contributed by atoms with Crippen LogP contribution in [0.2, 0.25) is 0 Å². The van der Waals surface area contributed by atoms with Crippen LogP contribution in [0.25, 0.3) is 0 Å². The maximum Gasteiger partial charge on any atom is 0.254 e. The van der Waals surface area contributed by atoms with Gasteiger partial charge in [0.05, 0.1) is 12.3 Å². The topological polar surface area (TPSA) is 41.9 Å². The Morgan fingerprint density at radius 1 is 0.967 bits per heavy atom. The summed E-state index contributed by atoms with van der Waals surface area (Å²) >= 11 is 0. The summed E-state index contributed by atoms with van der Waals surface area (Å²) in [6.07, 6.45) is 0.200. The molecular weight excluding hydrogens is 386 g/mol. The number of hydrogen-bond acceptors (Lipinski definition) is 3. The van der Waals surface area contributed by atoms with E-state index in [2.05, 4.69) is 5.16 Å². The maximum atomic E-state index is 13.7. The molecule has 30 heavy (non-hydrogen) atoms. The quantitative estimate of drug-likeness (QED) is 0.590. The van der Waals surface area contributed by atoms with E-state index in [9.17, 15) is 13.6 Å². The largest absolute Gasteiger partial charge is 0.390 e. The Labute approximate surface area is 173 Å².